The molecule has 1 aromatic carbocycles. The third-order valence-electron chi connectivity index (χ3n) is 5.04. The van der Waals surface area contributed by atoms with Gasteiger partial charge in [-0.2, -0.15) is 0 Å². The van der Waals surface area contributed by atoms with Gasteiger partial charge in [0, 0.05) is 32.2 Å². The smallest absolute Gasteiger partial charge is 0.409 e. The highest BCUT2D eigenvalue weighted by Gasteiger charge is 2.36. The first-order chi connectivity index (χ1) is 11.3. The van der Waals surface area contributed by atoms with E-state index in [2.05, 4.69) is 42.2 Å². The van der Waals surface area contributed by atoms with Gasteiger partial charge in [0.15, 0.2) is 0 Å². The highest BCUT2D eigenvalue weighted by Crippen LogP contribution is 2.29. The van der Waals surface area contributed by atoms with Gasteiger partial charge in [0.2, 0.25) is 0 Å². The molecule has 0 N–H and O–H groups in total. The number of unbranched alkanes of at least 4 members (excludes halogenated alkanes) is 1. The number of carbonyl (C=O) groups is 1. The molecule has 0 saturated carbocycles. The van der Waals surface area contributed by atoms with Crippen molar-refractivity contribution in [2.75, 3.05) is 26.2 Å². The SMILES string of the molecule is CCCCOC(=O)N1C[C@H]2CC[C@@H](C1)N(Cc1ccccc1)C2. The monoisotopic (exact) mass is 316 g/mol. The molecule has 0 radical (unpaired) electrons. The Morgan fingerprint density at radius 3 is 2.78 bits per heavy atom. The fourth-order valence-electron chi connectivity index (χ4n) is 3.73. The molecule has 3 aliphatic rings. The van der Waals surface area contributed by atoms with Crippen molar-refractivity contribution < 1.29 is 9.53 Å². The molecular weight excluding hydrogens is 288 g/mol. The second-order valence-corrected chi connectivity index (χ2v) is 6.89. The number of ether oxygens (including phenoxy) is 1. The molecule has 2 atom stereocenters. The normalized spacial score (nSPS) is 24.5. The minimum Gasteiger partial charge on any atom is -0.449 e. The summed E-state index contributed by atoms with van der Waals surface area (Å²) in [5, 5.41) is 0. The van der Waals surface area contributed by atoms with E-state index in [1.54, 1.807) is 0 Å². The van der Waals surface area contributed by atoms with E-state index in [1.807, 2.05) is 4.90 Å². The Labute approximate surface area is 139 Å². The molecule has 1 amide bonds. The average Bonchev–Trinajstić information content (AvgIpc) is 2.88. The van der Waals surface area contributed by atoms with E-state index >= 15 is 0 Å². The minimum absolute atomic E-state index is 0.114. The Bertz CT molecular complexity index is 505. The van der Waals surface area contributed by atoms with Gasteiger partial charge in [-0.1, -0.05) is 43.7 Å². The molecule has 4 nitrogen and oxygen atoms in total. The number of amides is 1. The lowest BCUT2D eigenvalue weighted by Gasteiger charge is -2.36. The van der Waals surface area contributed by atoms with Crippen molar-refractivity contribution in [1.29, 1.82) is 0 Å². The summed E-state index contributed by atoms with van der Waals surface area (Å²) in [5.74, 6) is 0.580. The van der Waals surface area contributed by atoms with Crippen LogP contribution in [0.2, 0.25) is 0 Å². The van der Waals surface area contributed by atoms with Crippen LogP contribution >= 0.6 is 0 Å². The molecule has 126 valence electrons. The van der Waals surface area contributed by atoms with Gasteiger partial charge in [0.25, 0.3) is 0 Å². The van der Waals surface area contributed by atoms with E-state index in [-0.39, 0.29) is 6.09 Å². The van der Waals surface area contributed by atoms with Gasteiger partial charge >= 0.3 is 6.09 Å². The zero-order valence-corrected chi connectivity index (χ0v) is 14.1. The molecule has 4 rings (SSSR count). The number of nitrogens with zero attached hydrogens (tertiary/aromatic N) is 2. The van der Waals surface area contributed by atoms with Crippen molar-refractivity contribution in [3.63, 3.8) is 0 Å². The number of piperidine rings is 1. The minimum atomic E-state index is -0.114. The number of rotatable bonds is 5. The number of hydrogen-bond donors (Lipinski definition) is 0. The summed E-state index contributed by atoms with van der Waals surface area (Å²) in [6, 6.07) is 11.1. The van der Waals surface area contributed by atoms with Crippen LogP contribution in [-0.4, -0.2) is 48.2 Å². The van der Waals surface area contributed by atoms with Crippen LogP contribution < -0.4 is 0 Å². The molecule has 4 heteroatoms. The summed E-state index contributed by atoms with van der Waals surface area (Å²) in [6.45, 7) is 6.41. The Kier molecular flexibility index (Phi) is 5.55. The van der Waals surface area contributed by atoms with Gasteiger partial charge in [-0.3, -0.25) is 4.90 Å². The topological polar surface area (TPSA) is 32.8 Å². The largest absolute Gasteiger partial charge is 0.449 e. The summed E-state index contributed by atoms with van der Waals surface area (Å²) < 4.78 is 5.42. The van der Waals surface area contributed by atoms with Crippen LogP contribution in [0.4, 0.5) is 4.79 Å². The van der Waals surface area contributed by atoms with Crippen LogP contribution in [0.3, 0.4) is 0 Å². The van der Waals surface area contributed by atoms with Crippen molar-refractivity contribution in [2.24, 2.45) is 5.92 Å². The van der Waals surface area contributed by atoms with Crippen molar-refractivity contribution in [1.82, 2.24) is 9.80 Å². The van der Waals surface area contributed by atoms with Gasteiger partial charge in [-0.05, 0) is 30.7 Å². The summed E-state index contributed by atoms with van der Waals surface area (Å²) in [6.07, 6.45) is 4.32. The summed E-state index contributed by atoms with van der Waals surface area (Å²) in [5.41, 5.74) is 1.36. The first-order valence-electron chi connectivity index (χ1n) is 8.96. The van der Waals surface area contributed by atoms with Gasteiger partial charge in [-0.15, -0.1) is 0 Å². The number of fused-ring (bicyclic) bond motifs is 4. The van der Waals surface area contributed by atoms with E-state index in [0.717, 1.165) is 39.0 Å². The fraction of sp³-hybridized carbons (Fsp3) is 0.632. The van der Waals surface area contributed by atoms with Crippen LogP contribution in [0, 0.1) is 5.92 Å². The second-order valence-electron chi connectivity index (χ2n) is 6.89. The van der Waals surface area contributed by atoms with Crippen LogP contribution in [0.5, 0.6) is 0 Å². The molecule has 0 aromatic heterocycles. The Balaban J connectivity index is 1.60. The van der Waals surface area contributed by atoms with Crippen LogP contribution in [0.1, 0.15) is 38.2 Å². The standard InChI is InChI=1S/C19H28N2O2/c1-2-3-11-23-19(22)21-14-17-9-10-18(15-21)20(13-17)12-16-7-5-4-6-8-16/h4-8,17-18H,2-3,9-15H2,1H3/t17-,18-/m0/s1. The predicted molar refractivity (Wildman–Crippen MR) is 91.2 cm³/mol. The van der Waals surface area contributed by atoms with Gasteiger partial charge in [0.1, 0.15) is 0 Å². The molecule has 1 aromatic rings. The summed E-state index contributed by atoms with van der Waals surface area (Å²) >= 11 is 0. The van der Waals surface area contributed by atoms with Crippen molar-refractivity contribution in [2.45, 2.75) is 45.2 Å². The van der Waals surface area contributed by atoms with E-state index in [4.69, 9.17) is 4.74 Å². The maximum atomic E-state index is 12.3. The Hall–Kier alpha value is -1.55. The molecule has 0 aliphatic carbocycles. The number of carbonyl (C=O) groups excluding carboxylic acids is 1. The first kappa shape index (κ1) is 16.3. The molecule has 3 aliphatic heterocycles. The van der Waals surface area contributed by atoms with Crippen molar-refractivity contribution in [3.05, 3.63) is 35.9 Å². The lowest BCUT2D eigenvalue weighted by Crippen LogP contribution is -2.44. The molecule has 23 heavy (non-hydrogen) atoms. The molecule has 0 spiro atoms. The number of benzene rings is 1. The predicted octanol–water partition coefficient (Wildman–Crippen LogP) is 3.52. The van der Waals surface area contributed by atoms with E-state index < -0.39 is 0 Å². The van der Waals surface area contributed by atoms with Crippen molar-refractivity contribution in [3.8, 4) is 0 Å². The lowest BCUT2D eigenvalue weighted by molar-refractivity contribution is 0.0952. The highest BCUT2D eigenvalue weighted by molar-refractivity contribution is 5.67. The maximum Gasteiger partial charge on any atom is 0.409 e. The van der Waals surface area contributed by atoms with Crippen molar-refractivity contribution >= 4 is 6.09 Å². The zero-order valence-electron chi connectivity index (χ0n) is 14.1. The fourth-order valence-corrected chi connectivity index (χ4v) is 3.73. The highest BCUT2D eigenvalue weighted by atomic mass is 16.6. The quantitative estimate of drug-likeness (QED) is 0.779. The Morgan fingerprint density at radius 2 is 2.00 bits per heavy atom. The van der Waals surface area contributed by atoms with Gasteiger partial charge in [-0.25, -0.2) is 4.79 Å². The summed E-state index contributed by atoms with van der Waals surface area (Å²) in [7, 11) is 0. The van der Waals surface area contributed by atoms with E-state index in [0.29, 0.717) is 18.6 Å². The molecule has 3 heterocycles. The van der Waals surface area contributed by atoms with Crippen LogP contribution in [-0.2, 0) is 11.3 Å². The zero-order chi connectivity index (χ0) is 16.1. The summed E-state index contributed by atoms with van der Waals surface area (Å²) in [4.78, 5) is 16.8. The Morgan fingerprint density at radius 1 is 1.17 bits per heavy atom. The molecule has 2 bridgehead atoms. The maximum absolute atomic E-state index is 12.3. The van der Waals surface area contributed by atoms with Gasteiger partial charge in [0.05, 0.1) is 6.61 Å². The second kappa shape index (κ2) is 7.82. The molecular formula is C19H28N2O2. The molecule has 3 saturated heterocycles. The lowest BCUT2D eigenvalue weighted by atomic mass is 9.94. The van der Waals surface area contributed by atoms with E-state index in [9.17, 15) is 4.79 Å². The first-order valence-corrected chi connectivity index (χ1v) is 8.96. The average molecular weight is 316 g/mol. The van der Waals surface area contributed by atoms with Crippen LogP contribution in [0.15, 0.2) is 30.3 Å². The van der Waals surface area contributed by atoms with Gasteiger partial charge < -0.3 is 9.64 Å². The molecule has 3 fully saturated rings. The third-order valence-corrected chi connectivity index (χ3v) is 5.04. The number of hydrogen-bond acceptors (Lipinski definition) is 3. The van der Waals surface area contributed by atoms with Crippen LogP contribution in [0.25, 0.3) is 0 Å². The third kappa shape index (κ3) is 4.25. The molecule has 0 unspecified atom stereocenters. The van der Waals surface area contributed by atoms with E-state index in [1.165, 1.54) is 18.4 Å².